The van der Waals surface area contributed by atoms with E-state index < -0.39 is 20.6 Å². The zero-order valence-electron chi connectivity index (χ0n) is 12.5. The summed E-state index contributed by atoms with van der Waals surface area (Å²) in [6.07, 6.45) is 0.530. The fraction of sp³-hybridized carbons (Fsp3) is 0.500. The summed E-state index contributed by atoms with van der Waals surface area (Å²) in [5.41, 5.74) is 0.415. The summed E-state index contributed by atoms with van der Waals surface area (Å²) < 4.78 is 33.0. The van der Waals surface area contributed by atoms with E-state index in [0.29, 0.717) is 12.0 Å². The number of hydrogen-bond acceptors (Lipinski definition) is 5. The van der Waals surface area contributed by atoms with Crippen molar-refractivity contribution in [3.05, 3.63) is 29.3 Å². The molecular formula is C14H19ClO5S. The average Bonchev–Trinajstić information content (AvgIpc) is 2.37. The molecular weight excluding hydrogens is 316 g/mol. The lowest BCUT2D eigenvalue weighted by Crippen LogP contribution is -2.25. The van der Waals surface area contributed by atoms with Gasteiger partial charge in [0.1, 0.15) is 0 Å². The van der Waals surface area contributed by atoms with E-state index in [1.165, 1.54) is 18.2 Å². The summed E-state index contributed by atoms with van der Waals surface area (Å²) in [7, 11) is 2.98. The van der Waals surface area contributed by atoms with Gasteiger partial charge in [-0.05, 0) is 38.5 Å². The molecule has 1 rings (SSSR count). The van der Waals surface area contributed by atoms with Crippen LogP contribution in [0.4, 0.5) is 0 Å². The van der Waals surface area contributed by atoms with Crippen LogP contribution in [0.1, 0.15) is 36.2 Å². The van der Waals surface area contributed by atoms with Crippen LogP contribution < -0.4 is 0 Å². The first-order valence-corrected chi connectivity index (χ1v) is 8.65. The average molecular weight is 335 g/mol. The first kappa shape index (κ1) is 17.9. The Kier molecular flexibility index (Phi) is 5.78. The third kappa shape index (κ3) is 5.30. The fourth-order valence-corrected chi connectivity index (χ4v) is 2.32. The van der Waals surface area contributed by atoms with Crippen LogP contribution in [-0.4, -0.2) is 33.7 Å². The van der Waals surface area contributed by atoms with Gasteiger partial charge in [-0.25, -0.2) is 13.2 Å². The van der Waals surface area contributed by atoms with Crippen LogP contribution in [0, 0.1) is 6.92 Å². The monoisotopic (exact) mass is 334 g/mol. The van der Waals surface area contributed by atoms with Crippen LogP contribution >= 0.6 is 10.7 Å². The molecule has 0 bridgehead atoms. The summed E-state index contributed by atoms with van der Waals surface area (Å²) in [6.45, 7) is 5.64. The van der Waals surface area contributed by atoms with Crippen LogP contribution in [0.2, 0.25) is 0 Å². The minimum Gasteiger partial charge on any atom is -0.462 e. The number of methoxy groups -OCH3 is 1. The van der Waals surface area contributed by atoms with Crippen molar-refractivity contribution in [2.45, 2.75) is 37.7 Å². The van der Waals surface area contributed by atoms with Crippen molar-refractivity contribution >= 4 is 25.7 Å². The lowest BCUT2D eigenvalue weighted by molar-refractivity contribution is -0.00565. The molecule has 1 aromatic rings. The standard InChI is InChI=1S/C14H19ClO5S/c1-10-5-6-11(21(15,17)18)9-12(10)13(16)20-8-7-14(2,3)19-4/h5-6,9H,7-8H2,1-4H3. The van der Waals surface area contributed by atoms with E-state index in [2.05, 4.69) is 0 Å². The Balaban J connectivity index is 2.83. The summed E-state index contributed by atoms with van der Waals surface area (Å²) in [6, 6.07) is 4.09. The second kappa shape index (κ2) is 6.77. The number of hydrogen-bond donors (Lipinski definition) is 0. The van der Waals surface area contributed by atoms with Gasteiger partial charge in [0, 0.05) is 24.2 Å². The molecule has 0 spiro atoms. The van der Waals surface area contributed by atoms with Crippen molar-refractivity contribution in [3.8, 4) is 0 Å². The Morgan fingerprint density at radius 3 is 2.48 bits per heavy atom. The number of halogens is 1. The predicted octanol–water partition coefficient (Wildman–Crippen LogP) is 2.89. The Morgan fingerprint density at radius 1 is 1.33 bits per heavy atom. The van der Waals surface area contributed by atoms with Crippen molar-refractivity contribution in [3.63, 3.8) is 0 Å². The van der Waals surface area contributed by atoms with Gasteiger partial charge in [-0.15, -0.1) is 0 Å². The van der Waals surface area contributed by atoms with Crippen molar-refractivity contribution in [2.75, 3.05) is 13.7 Å². The van der Waals surface area contributed by atoms with Gasteiger partial charge in [0.25, 0.3) is 9.05 Å². The minimum absolute atomic E-state index is 0.126. The number of aryl methyl sites for hydroxylation is 1. The topological polar surface area (TPSA) is 69.7 Å². The molecule has 0 aliphatic heterocycles. The molecule has 118 valence electrons. The molecule has 21 heavy (non-hydrogen) atoms. The number of carbonyl (C=O) groups excluding carboxylic acids is 1. The lowest BCUT2D eigenvalue weighted by atomic mass is 10.1. The normalized spacial score (nSPS) is 12.2. The van der Waals surface area contributed by atoms with Crippen LogP contribution in [0.25, 0.3) is 0 Å². The van der Waals surface area contributed by atoms with Gasteiger partial charge >= 0.3 is 5.97 Å². The smallest absolute Gasteiger partial charge is 0.338 e. The highest BCUT2D eigenvalue weighted by molar-refractivity contribution is 8.13. The Bertz CT molecular complexity index is 622. The number of carbonyl (C=O) groups is 1. The molecule has 0 amide bonds. The van der Waals surface area contributed by atoms with Crippen molar-refractivity contribution < 1.29 is 22.7 Å². The first-order valence-electron chi connectivity index (χ1n) is 6.34. The number of rotatable bonds is 6. The highest BCUT2D eigenvalue weighted by Gasteiger charge is 2.19. The molecule has 0 radical (unpaired) electrons. The quantitative estimate of drug-likeness (QED) is 0.591. The lowest BCUT2D eigenvalue weighted by Gasteiger charge is -2.22. The molecule has 0 saturated carbocycles. The zero-order valence-corrected chi connectivity index (χ0v) is 14.0. The maximum absolute atomic E-state index is 12.0. The SMILES string of the molecule is COC(C)(C)CCOC(=O)c1cc(S(=O)(=O)Cl)ccc1C. The molecule has 0 N–H and O–H groups in total. The number of esters is 1. The Hall–Kier alpha value is -1.11. The molecule has 7 heteroatoms. The summed E-state index contributed by atoms with van der Waals surface area (Å²) in [5, 5.41) is 0. The molecule has 1 aromatic carbocycles. The zero-order chi connectivity index (χ0) is 16.3. The fourth-order valence-electron chi connectivity index (χ4n) is 1.54. The molecule has 0 saturated heterocycles. The first-order chi connectivity index (χ1) is 9.57. The van der Waals surface area contributed by atoms with E-state index in [4.69, 9.17) is 20.2 Å². The number of benzene rings is 1. The summed E-state index contributed by atoms with van der Waals surface area (Å²) in [4.78, 5) is 11.9. The molecule has 0 fully saturated rings. The second-order valence-electron chi connectivity index (χ2n) is 5.26. The van der Waals surface area contributed by atoms with Crippen molar-refractivity contribution in [1.82, 2.24) is 0 Å². The third-order valence-corrected chi connectivity index (χ3v) is 4.55. The Labute approximate surface area is 129 Å². The number of ether oxygens (including phenoxy) is 2. The van der Waals surface area contributed by atoms with E-state index in [0.717, 1.165) is 0 Å². The second-order valence-corrected chi connectivity index (χ2v) is 7.83. The van der Waals surface area contributed by atoms with Crippen molar-refractivity contribution in [1.29, 1.82) is 0 Å². The molecule has 0 aromatic heterocycles. The Morgan fingerprint density at radius 2 is 1.95 bits per heavy atom. The highest BCUT2D eigenvalue weighted by atomic mass is 35.7. The van der Waals surface area contributed by atoms with Crippen LogP contribution in [0.3, 0.4) is 0 Å². The predicted molar refractivity (Wildman–Crippen MR) is 80.2 cm³/mol. The van der Waals surface area contributed by atoms with E-state index in [9.17, 15) is 13.2 Å². The summed E-state index contributed by atoms with van der Waals surface area (Å²) >= 11 is 0. The van der Waals surface area contributed by atoms with E-state index in [1.54, 1.807) is 14.0 Å². The molecule has 0 aliphatic rings. The van der Waals surface area contributed by atoms with Gasteiger partial charge < -0.3 is 9.47 Å². The van der Waals surface area contributed by atoms with E-state index in [1.807, 2.05) is 13.8 Å². The molecule has 0 atom stereocenters. The molecule has 0 heterocycles. The van der Waals surface area contributed by atoms with Gasteiger partial charge in [0.2, 0.25) is 0 Å². The van der Waals surface area contributed by atoms with Gasteiger partial charge in [0.15, 0.2) is 0 Å². The highest BCUT2D eigenvalue weighted by Crippen LogP contribution is 2.20. The van der Waals surface area contributed by atoms with Gasteiger partial charge in [-0.1, -0.05) is 6.07 Å². The van der Waals surface area contributed by atoms with Gasteiger partial charge in [-0.2, -0.15) is 0 Å². The molecule has 0 aliphatic carbocycles. The minimum atomic E-state index is -3.88. The van der Waals surface area contributed by atoms with Gasteiger partial charge in [0.05, 0.1) is 22.7 Å². The maximum atomic E-state index is 12.0. The van der Waals surface area contributed by atoms with Crippen LogP contribution in [-0.2, 0) is 18.5 Å². The summed E-state index contributed by atoms with van der Waals surface area (Å²) in [5.74, 6) is -0.582. The largest absolute Gasteiger partial charge is 0.462 e. The van der Waals surface area contributed by atoms with E-state index >= 15 is 0 Å². The van der Waals surface area contributed by atoms with Gasteiger partial charge in [-0.3, -0.25) is 0 Å². The maximum Gasteiger partial charge on any atom is 0.338 e. The van der Waals surface area contributed by atoms with Crippen LogP contribution in [0.5, 0.6) is 0 Å². The molecule has 0 unspecified atom stereocenters. The van der Waals surface area contributed by atoms with E-state index in [-0.39, 0.29) is 17.1 Å². The third-order valence-electron chi connectivity index (χ3n) is 3.20. The van der Waals surface area contributed by atoms with Crippen LogP contribution in [0.15, 0.2) is 23.1 Å². The molecule has 5 nitrogen and oxygen atoms in total. The van der Waals surface area contributed by atoms with Crippen molar-refractivity contribution in [2.24, 2.45) is 0 Å².